The molecular weight excluding hydrogens is 606 g/mol. The third kappa shape index (κ3) is 4.78. The molecule has 48 heavy (non-hydrogen) atoms. The fourth-order valence-electron chi connectivity index (χ4n) is 4.72. The molecule has 0 atom stereocenters. The first-order chi connectivity index (χ1) is 23.4. The van der Waals surface area contributed by atoms with Crippen LogP contribution in [0.2, 0.25) is 0 Å². The molecule has 0 saturated heterocycles. The normalized spacial score (nSPS) is 11.3. The summed E-state index contributed by atoms with van der Waals surface area (Å²) in [5, 5.41) is 77.9. The van der Waals surface area contributed by atoms with Gasteiger partial charge in [0, 0.05) is 11.1 Å². The second-order valence-electron chi connectivity index (χ2n) is 9.56. The lowest BCUT2D eigenvalue weighted by Gasteiger charge is -2.09. The molecule has 214 valence electrons. The largest absolute Gasteiger partial charge is 0.225 e. The van der Waals surface area contributed by atoms with E-state index in [1.807, 2.05) is 36.4 Å². The van der Waals surface area contributed by atoms with Gasteiger partial charge in [-0.2, -0.15) is 42.1 Å². The molecule has 2 aliphatic rings. The average Bonchev–Trinajstić information content (AvgIpc) is 3.76. The molecule has 15 nitrogen and oxygen atoms in total. The molecule has 0 fully saturated rings. The standard InChI is InChI=1S/C33H7N15/c34-8-16-5-17(9-35)7-20(6-16)29-46-31(22-3-4-25-28(23(22)14-40)45-30(42-25)21(12-38)13-39)48-33(47-29)24(15-41)32-43-26-18(10-36)1-2-19(11-37)27(26)44-32/h1-7H. The Kier molecular flexibility index (Phi) is 7.18. The second-order valence-corrected chi connectivity index (χ2v) is 9.56. The van der Waals surface area contributed by atoms with Gasteiger partial charge in [-0.05, 0) is 42.5 Å². The quantitative estimate of drug-likeness (QED) is 0.296. The summed E-state index contributed by atoms with van der Waals surface area (Å²) in [4.78, 5) is 30.6. The van der Waals surface area contributed by atoms with Crippen LogP contribution in [0, 0.1) is 90.6 Å². The van der Waals surface area contributed by atoms with E-state index in [2.05, 4.69) is 34.9 Å². The molecule has 0 N–H and O–H groups in total. The Balaban J connectivity index is 1.69. The fourth-order valence-corrected chi connectivity index (χ4v) is 4.72. The van der Waals surface area contributed by atoms with Gasteiger partial charge in [0.05, 0.1) is 45.3 Å². The Morgan fingerprint density at radius 3 is 1.67 bits per heavy atom. The van der Waals surface area contributed by atoms with Crippen LogP contribution in [-0.4, -0.2) is 15.0 Å². The minimum atomic E-state index is -0.360. The molecule has 3 heterocycles. The van der Waals surface area contributed by atoms with E-state index in [0.29, 0.717) is 0 Å². The number of benzene rings is 3. The maximum atomic E-state index is 10.3. The van der Waals surface area contributed by atoms with Crippen LogP contribution >= 0.6 is 0 Å². The molecular formula is C33H7N15. The number of nitrogens with zero attached hydrogens (tertiary/aromatic N) is 15. The van der Waals surface area contributed by atoms with Crippen LogP contribution in [0.3, 0.4) is 0 Å². The zero-order valence-corrected chi connectivity index (χ0v) is 23.7. The van der Waals surface area contributed by atoms with E-state index >= 15 is 0 Å². The predicted octanol–water partition coefficient (Wildman–Crippen LogP) is 1.22. The molecule has 0 aliphatic carbocycles. The molecule has 3 aromatic carbocycles. The molecule has 15 heteroatoms. The smallest absolute Gasteiger partial charge is 0.182 e. The van der Waals surface area contributed by atoms with E-state index in [4.69, 9.17) is 0 Å². The van der Waals surface area contributed by atoms with Gasteiger partial charge in [-0.3, -0.25) is 0 Å². The third-order valence-corrected chi connectivity index (χ3v) is 6.87. The van der Waals surface area contributed by atoms with Crippen LogP contribution in [0.1, 0.15) is 33.6 Å². The minimum Gasteiger partial charge on any atom is -0.225 e. The maximum absolute atomic E-state index is 10.3. The first-order valence-electron chi connectivity index (χ1n) is 13.2. The number of fused-ring (bicyclic) bond motifs is 2. The van der Waals surface area contributed by atoms with Gasteiger partial charge in [0.1, 0.15) is 58.1 Å². The summed E-state index contributed by atoms with van der Waals surface area (Å²) >= 11 is 0. The lowest BCUT2D eigenvalue weighted by molar-refractivity contribution is 1.03. The number of rotatable bonds is 3. The molecule has 0 bridgehead atoms. The van der Waals surface area contributed by atoms with Crippen LogP contribution in [-0.2, 0) is 0 Å². The molecule has 0 amide bonds. The summed E-state index contributed by atoms with van der Waals surface area (Å²) in [6.07, 6.45) is 0. The van der Waals surface area contributed by atoms with Gasteiger partial charge in [0.15, 0.2) is 34.7 Å². The molecule has 0 radical (unpaired) electrons. The van der Waals surface area contributed by atoms with Crippen molar-refractivity contribution in [2.24, 2.45) is 20.0 Å². The van der Waals surface area contributed by atoms with Crippen LogP contribution in [0.5, 0.6) is 0 Å². The number of hydrogen-bond acceptors (Lipinski definition) is 15. The van der Waals surface area contributed by atoms with E-state index in [9.17, 15) is 42.1 Å². The van der Waals surface area contributed by atoms with Crippen molar-refractivity contribution in [3.63, 3.8) is 0 Å². The minimum absolute atomic E-state index is 0.0536. The van der Waals surface area contributed by atoms with Gasteiger partial charge in [-0.1, -0.05) is 0 Å². The van der Waals surface area contributed by atoms with Gasteiger partial charge >= 0.3 is 0 Å². The van der Waals surface area contributed by atoms with Crippen molar-refractivity contribution in [3.05, 3.63) is 115 Å². The van der Waals surface area contributed by atoms with Crippen LogP contribution in [0.25, 0.3) is 28.3 Å². The van der Waals surface area contributed by atoms with Gasteiger partial charge < -0.3 is 0 Å². The third-order valence-electron chi connectivity index (χ3n) is 6.87. The summed E-state index contributed by atoms with van der Waals surface area (Å²) in [6, 6.07) is 25.3. The predicted molar refractivity (Wildman–Crippen MR) is 156 cm³/mol. The molecule has 2 aliphatic heterocycles. The van der Waals surface area contributed by atoms with Gasteiger partial charge in [-0.25, -0.2) is 34.9 Å². The number of allylic oxidation sites excluding steroid dienone is 2. The van der Waals surface area contributed by atoms with E-state index in [1.54, 1.807) is 12.1 Å². The van der Waals surface area contributed by atoms with Crippen molar-refractivity contribution in [1.29, 1.82) is 42.1 Å². The summed E-state index contributed by atoms with van der Waals surface area (Å²) < 4.78 is 0. The van der Waals surface area contributed by atoms with Crippen molar-refractivity contribution < 1.29 is 0 Å². The molecule has 6 rings (SSSR count). The molecule has 1 aromatic heterocycles. The zero-order chi connectivity index (χ0) is 33.9. The number of hydrogen-bond donors (Lipinski definition) is 0. The lowest BCUT2D eigenvalue weighted by atomic mass is 10.0. The monoisotopic (exact) mass is 613 g/mol. The van der Waals surface area contributed by atoms with E-state index < -0.39 is 0 Å². The van der Waals surface area contributed by atoms with Crippen molar-refractivity contribution in [2.75, 3.05) is 0 Å². The van der Waals surface area contributed by atoms with E-state index in [0.717, 1.165) is 0 Å². The van der Waals surface area contributed by atoms with Crippen LogP contribution < -0.4 is 21.4 Å². The summed E-state index contributed by atoms with van der Waals surface area (Å²) in [7, 11) is 0. The Labute approximate surface area is 268 Å². The zero-order valence-electron chi connectivity index (χ0n) is 23.7. The first-order valence-corrected chi connectivity index (χ1v) is 13.2. The van der Waals surface area contributed by atoms with Crippen LogP contribution in [0.4, 0.5) is 0 Å². The maximum Gasteiger partial charge on any atom is 0.182 e. The van der Waals surface area contributed by atoms with Gasteiger partial charge in [0.25, 0.3) is 0 Å². The van der Waals surface area contributed by atoms with Gasteiger partial charge in [-0.15, -0.1) is 0 Å². The van der Waals surface area contributed by atoms with E-state index in [-0.39, 0.29) is 101 Å². The van der Waals surface area contributed by atoms with Crippen molar-refractivity contribution in [3.8, 4) is 71.3 Å². The second kappa shape index (κ2) is 11.7. The Hall–Kier alpha value is -8.73. The Morgan fingerprint density at radius 2 is 1.12 bits per heavy atom. The topological polar surface area (TPSA) is 278 Å². The molecule has 0 saturated carbocycles. The average molecular weight is 614 g/mol. The molecule has 0 spiro atoms. The Bertz CT molecular complexity index is 2770. The fraction of sp³-hybridized carbons (Fsp3) is 0. The highest BCUT2D eigenvalue weighted by Crippen LogP contribution is 2.27. The number of aromatic nitrogens is 3. The molecule has 4 aromatic rings. The highest BCUT2D eigenvalue weighted by atomic mass is 15.1. The Morgan fingerprint density at radius 1 is 0.521 bits per heavy atom. The SMILES string of the molecule is N#CC(C#N)=C1N=c2ccc(-c3nc(C(C#N)=C4N=c5c(C#N)ccc(C#N)c5=N4)nc(-c4cc(C#N)cc(C#N)c4)n3)c(C#N)c2=N1. The highest BCUT2D eigenvalue weighted by molar-refractivity contribution is 5.78. The summed E-state index contributed by atoms with van der Waals surface area (Å²) in [6.45, 7) is 0. The van der Waals surface area contributed by atoms with Crippen molar-refractivity contribution >= 4 is 5.57 Å². The van der Waals surface area contributed by atoms with E-state index in [1.165, 1.54) is 42.5 Å². The van der Waals surface area contributed by atoms with Crippen LogP contribution in [0.15, 0.2) is 79.6 Å². The van der Waals surface area contributed by atoms with Crippen molar-refractivity contribution in [2.45, 2.75) is 0 Å². The number of nitriles is 8. The summed E-state index contributed by atoms with van der Waals surface area (Å²) in [5.74, 6) is -0.869. The first kappa shape index (κ1) is 29.3. The van der Waals surface area contributed by atoms with Gasteiger partial charge in [0.2, 0.25) is 0 Å². The molecule has 0 unspecified atom stereocenters. The highest BCUT2D eigenvalue weighted by Gasteiger charge is 2.23. The van der Waals surface area contributed by atoms with Crippen molar-refractivity contribution in [1.82, 2.24) is 15.0 Å². The summed E-state index contributed by atoms with van der Waals surface area (Å²) in [5.41, 5.74) is 0.0802. The lowest BCUT2D eigenvalue weighted by Crippen LogP contribution is -2.27.